The molecule has 1 aliphatic heterocycles. The first-order valence-corrected chi connectivity index (χ1v) is 7.47. The van der Waals surface area contributed by atoms with Gasteiger partial charge in [0.05, 0.1) is 13.1 Å². The van der Waals surface area contributed by atoms with Gasteiger partial charge in [0.2, 0.25) is 5.91 Å². The van der Waals surface area contributed by atoms with Crippen molar-refractivity contribution < 1.29 is 4.79 Å². The minimum atomic E-state index is 0. The van der Waals surface area contributed by atoms with Crippen molar-refractivity contribution in [3.05, 3.63) is 18.5 Å². The lowest BCUT2D eigenvalue weighted by Crippen LogP contribution is -2.53. The molecule has 1 aromatic heterocycles. The molecule has 0 unspecified atom stereocenters. The Morgan fingerprint density at radius 2 is 1.95 bits per heavy atom. The molecule has 0 atom stereocenters. The number of hydrogen-bond acceptors (Lipinski definition) is 3. The first kappa shape index (κ1) is 18.7. The van der Waals surface area contributed by atoms with Crippen molar-refractivity contribution in [1.82, 2.24) is 24.9 Å². The summed E-state index contributed by atoms with van der Waals surface area (Å²) in [5, 5.41) is 7.49. The maximum absolute atomic E-state index is 11.4. The molecule has 8 heteroatoms. The van der Waals surface area contributed by atoms with E-state index in [1.807, 2.05) is 21.8 Å². The molecule has 0 aliphatic carbocycles. The first-order chi connectivity index (χ1) is 10.2. The molecule has 0 radical (unpaired) electrons. The predicted molar refractivity (Wildman–Crippen MR) is 97.4 cm³/mol. The molecule has 1 aromatic rings. The Bertz CT molecular complexity index is 468. The summed E-state index contributed by atoms with van der Waals surface area (Å²) in [5.41, 5.74) is 0. The SMILES string of the molecule is CCNC(=NCCn1cccn1)N1CCN(C(C)=O)CC1.I. The van der Waals surface area contributed by atoms with Gasteiger partial charge in [-0.1, -0.05) is 0 Å². The number of carbonyl (C=O) groups excluding carboxylic acids is 1. The normalized spacial score (nSPS) is 15.5. The van der Waals surface area contributed by atoms with Crippen molar-refractivity contribution in [1.29, 1.82) is 0 Å². The number of rotatable bonds is 4. The Morgan fingerprint density at radius 1 is 1.27 bits per heavy atom. The molecule has 1 saturated heterocycles. The second-order valence-electron chi connectivity index (χ2n) is 5.00. The standard InChI is InChI=1S/C14H24N6O.HI/c1-3-15-14(16-6-8-20-7-4-5-17-20)19-11-9-18(10-12-19)13(2)21;/h4-5,7H,3,6,8-12H2,1-2H3,(H,15,16);1H. The average Bonchev–Trinajstić information content (AvgIpc) is 3.00. The largest absolute Gasteiger partial charge is 0.357 e. The number of piperazine rings is 1. The number of amides is 1. The van der Waals surface area contributed by atoms with Crippen LogP contribution in [0.15, 0.2) is 23.5 Å². The monoisotopic (exact) mass is 420 g/mol. The molecule has 0 aromatic carbocycles. The van der Waals surface area contributed by atoms with E-state index in [0.717, 1.165) is 45.2 Å². The molecule has 0 spiro atoms. The fraction of sp³-hybridized carbons (Fsp3) is 0.643. The second-order valence-corrected chi connectivity index (χ2v) is 5.00. The molecule has 124 valence electrons. The van der Waals surface area contributed by atoms with E-state index in [2.05, 4.69) is 27.2 Å². The minimum absolute atomic E-state index is 0. The van der Waals surface area contributed by atoms with Crippen LogP contribution in [0.1, 0.15) is 13.8 Å². The molecule has 1 fully saturated rings. The van der Waals surface area contributed by atoms with Gasteiger partial charge in [0, 0.05) is 52.0 Å². The molecule has 1 N–H and O–H groups in total. The zero-order valence-electron chi connectivity index (χ0n) is 13.2. The fourth-order valence-corrected chi connectivity index (χ4v) is 2.35. The van der Waals surface area contributed by atoms with Crippen LogP contribution in [0, 0.1) is 0 Å². The summed E-state index contributed by atoms with van der Waals surface area (Å²) in [7, 11) is 0. The van der Waals surface area contributed by atoms with Gasteiger partial charge in [0.15, 0.2) is 5.96 Å². The fourth-order valence-electron chi connectivity index (χ4n) is 2.35. The lowest BCUT2D eigenvalue weighted by molar-refractivity contribution is -0.130. The van der Waals surface area contributed by atoms with E-state index in [0.29, 0.717) is 6.54 Å². The lowest BCUT2D eigenvalue weighted by atomic mass is 10.3. The molecule has 0 bridgehead atoms. The summed E-state index contributed by atoms with van der Waals surface area (Å²) in [5.74, 6) is 1.07. The van der Waals surface area contributed by atoms with Gasteiger partial charge in [-0.2, -0.15) is 5.10 Å². The van der Waals surface area contributed by atoms with Crippen molar-refractivity contribution in [2.24, 2.45) is 4.99 Å². The maximum atomic E-state index is 11.4. The third-order valence-corrected chi connectivity index (χ3v) is 3.51. The number of nitrogens with one attached hydrogen (secondary N) is 1. The number of aromatic nitrogens is 2. The second kappa shape index (κ2) is 9.65. The number of aliphatic imine (C=N–C) groups is 1. The van der Waals surface area contributed by atoms with E-state index in [1.54, 1.807) is 13.1 Å². The van der Waals surface area contributed by atoms with E-state index in [9.17, 15) is 4.79 Å². The van der Waals surface area contributed by atoms with E-state index < -0.39 is 0 Å². The van der Waals surface area contributed by atoms with E-state index in [-0.39, 0.29) is 29.9 Å². The van der Waals surface area contributed by atoms with Crippen molar-refractivity contribution in [3.63, 3.8) is 0 Å². The van der Waals surface area contributed by atoms with Crippen molar-refractivity contribution in [3.8, 4) is 0 Å². The van der Waals surface area contributed by atoms with E-state index in [4.69, 9.17) is 0 Å². The molecular weight excluding hydrogens is 395 g/mol. The molecule has 22 heavy (non-hydrogen) atoms. The van der Waals surface area contributed by atoms with Crippen LogP contribution in [0.5, 0.6) is 0 Å². The summed E-state index contributed by atoms with van der Waals surface area (Å²) in [6.45, 7) is 9.17. The number of halogens is 1. The Labute approximate surface area is 148 Å². The van der Waals surface area contributed by atoms with E-state index >= 15 is 0 Å². The van der Waals surface area contributed by atoms with Gasteiger partial charge in [0.25, 0.3) is 0 Å². The maximum Gasteiger partial charge on any atom is 0.219 e. The molecular formula is C14H25IN6O. The zero-order valence-corrected chi connectivity index (χ0v) is 15.6. The Kier molecular flexibility index (Phi) is 8.21. The van der Waals surface area contributed by atoms with Crippen LogP contribution in [0.25, 0.3) is 0 Å². The molecule has 2 heterocycles. The molecule has 1 aliphatic rings. The van der Waals surface area contributed by atoms with Gasteiger partial charge < -0.3 is 15.1 Å². The van der Waals surface area contributed by atoms with Gasteiger partial charge in [-0.15, -0.1) is 24.0 Å². The highest BCUT2D eigenvalue weighted by Crippen LogP contribution is 2.02. The van der Waals surface area contributed by atoms with Crippen LogP contribution >= 0.6 is 24.0 Å². The lowest BCUT2D eigenvalue weighted by Gasteiger charge is -2.36. The summed E-state index contributed by atoms with van der Waals surface area (Å²) < 4.78 is 1.88. The smallest absolute Gasteiger partial charge is 0.219 e. The van der Waals surface area contributed by atoms with Gasteiger partial charge in [0.1, 0.15) is 0 Å². The van der Waals surface area contributed by atoms with E-state index in [1.165, 1.54) is 0 Å². The zero-order chi connectivity index (χ0) is 15.1. The number of hydrogen-bond donors (Lipinski definition) is 1. The van der Waals surface area contributed by atoms with Gasteiger partial charge in [-0.3, -0.25) is 14.5 Å². The van der Waals surface area contributed by atoms with Crippen LogP contribution < -0.4 is 5.32 Å². The van der Waals surface area contributed by atoms with Crippen molar-refractivity contribution in [2.45, 2.75) is 20.4 Å². The highest BCUT2D eigenvalue weighted by atomic mass is 127. The Morgan fingerprint density at radius 3 is 2.50 bits per heavy atom. The summed E-state index contributed by atoms with van der Waals surface area (Å²) >= 11 is 0. The third kappa shape index (κ3) is 5.47. The van der Waals surface area contributed by atoms with Crippen LogP contribution in [0.4, 0.5) is 0 Å². The van der Waals surface area contributed by atoms with Crippen LogP contribution in [0.2, 0.25) is 0 Å². The van der Waals surface area contributed by atoms with Crippen molar-refractivity contribution >= 4 is 35.8 Å². The van der Waals surface area contributed by atoms with Crippen LogP contribution in [-0.4, -0.2) is 70.7 Å². The van der Waals surface area contributed by atoms with Crippen LogP contribution in [-0.2, 0) is 11.3 Å². The minimum Gasteiger partial charge on any atom is -0.357 e. The Hall–Kier alpha value is -1.32. The summed E-state index contributed by atoms with van der Waals surface area (Å²) in [6, 6.07) is 1.91. The predicted octanol–water partition coefficient (Wildman–Crippen LogP) is 0.631. The highest BCUT2D eigenvalue weighted by molar-refractivity contribution is 14.0. The number of carbonyl (C=O) groups is 1. The number of nitrogens with zero attached hydrogens (tertiary/aromatic N) is 5. The van der Waals surface area contributed by atoms with Gasteiger partial charge >= 0.3 is 0 Å². The van der Waals surface area contributed by atoms with Gasteiger partial charge in [-0.25, -0.2) is 0 Å². The molecule has 2 rings (SSSR count). The average molecular weight is 420 g/mol. The quantitative estimate of drug-likeness (QED) is 0.441. The molecule has 7 nitrogen and oxygen atoms in total. The highest BCUT2D eigenvalue weighted by Gasteiger charge is 2.20. The van der Waals surface area contributed by atoms with Gasteiger partial charge in [-0.05, 0) is 13.0 Å². The topological polar surface area (TPSA) is 65.8 Å². The summed E-state index contributed by atoms with van der Waals surface area (Å²) in [6.07, 6.45) is 3.71. The van der Waals surface area contributed by atoms with Crippen molar-refractivity contribution in [2.75, 3.05) is 39.3 Å². The van der Waals surface area contributed by atoms with Crippen LogP contribution in [0.3, 0.4) is 0 Å². The third-order valence-electron chi connectivity index (χ3n) is 3.51. The summed E-state index contributed by atoms with van der Waals surface area (Å²) in [4.78, 5) is 20.1. The first-order valence-electron chi connectivity index (χ1n) is 7.47. The number of guanidine groups is 1. The molecule has 1 amide bonds. The Balaban J connectivity index is 0.00000242. The molecule has 0 saturated carbocycles.